The van der Waals surface area contributed by atoms with Crippen LogP contribution in [0.4, 0.5) is 0 Å². The van der Waals surface area contributed by atoms with Crippen LogP contribution < -0.4 is 4.74 Å². The Morgan fingerprint density at radius 2 is 2.12 bits per heavy atom. The smallest absolute Gasteiger partial charge is 0.257 e. The Kier molecular flexibility index (Phi) is 5.16. The van der Waals surface area contributed by atoms with Crippen LogP contribution in [0.1, 0.15) is 46.9 Å². The van der Waals surface area contributed by atoms with Crippen LogP contribution in [0.3, 0.4) is 0 Å². The topological polar surface area (TPSA) is 64.4 Å². The highest BCUT2D eigenvalue weighted by molar-refractivity contribution is 5.99. The molecule has 0 unspecified atom stereocenters. The van der Waals surface area contributed by atoms with Gasteiger partial charge in [0.2, 0.25) is 0 Å². The fourth-order valence-corrected chi connectivity index (χ4v) is 3.29. The summed E-state index contributed by atoms with van der Waals surface area (Å²) in [5.41, 5.74) is 1.15. The molecule has 6 heteroatoms. The number of likely N-dealkylation sites (tertiary alicyclic amines) is 1. The van der Waals surface area contributed by atoms with Gasteiger partial charge in [-0.1, -0.05) is 12.1 Å². The molecule has 0 bridgehead atoms. The first-order chi connectivity index (χ1) is 12.1. The predicted molar refractivity (Wildman–Crippen MR) is 93.8 cm³/mol. The van der Waals surface area contributed by atoms with Gasteiger partial charge in [0.1, 0.15) is 5.75 Å². The van der Waals surface area contributed by atoms with Crippen molar-refractivity contribution in [2.24, 2.45) is 7.05 Å². The number of hydrogen-bond donors (Lipinski definition) is 0. The highest BCUT2D eigenvalue weighted by Crippen LogP contribution is 2.27. The van der Waals surface area contributed by atoms with Crippen LogP contribution in [0.15, 0.2) is 36.7 Å². The van der Waals surface area contributed by atoms with E-state index in [-0.39, 0.29) is 17.7 Å². The van der Waals surface area contributed by atoms with Crippen LogP contribution >= 0.6 is 0 Å². The molecule has 3 rings (SSSR count). The zero-order chi connectivity index (χ0) is 17.8. The molecule has 2 aromatic rings. The maximum Gasteiger partial charge on any atom is 0.257 e. The van der Waals surface area contributed by atoms with Crippen LogP contribution in [0.25, 0.3) is 0 Å². The first-order valence-electron chi connectivity index (χ1n) is 8.64. The minimum absolute atomic E-state index is 0.0240. The maximum atomic E-state index is 13.0. The van der Waals surface area contributed by atoms with E-state index in [0.717, 1.165) is 12.8 Å². The predicted octanol–water partition coefficient (Wildman–Crippen LogP) is 2.70. The van der Waals surface area contributed by atoms with Gasteiger partial charge in [-0.3, -0.25) is 14.3 Å². The SMILES string of the molecule is CCOc1ccccc1C(=O)N1CCC[C@@H]1CC(=O)c1cnn(C)c1. The average Bonchev–Trinajstić information content (AvgIpc) is 3.24. The molecule has 1 aromatic carbocycles. The number of amides is 1. The molecule has 0 spiro atoms. The molecule has 6 nitrogen and oxygen atoms in total. The van der Waals surface area contributed by atoms with E-state index in [2.05, 4.69) is 5.10 Å². The number of carbonyl (C=O) groups is 2. The largest absolute Gasteiger partial charge is 0.493 e. The molecule has 1 aliphatic rings. The molecule has 0 N–H and O–H groups in total. The number of rotatable bonds is 6. The second kappa shape index (κ2) is 7.51. The van der Waals surface area contributed by atoms with Gasteiger partial charge in [-0.15, -0.1) is 0 Å². The van der Waals surface area contributed by atoms with E-state index in [1.165, 1.54) is 0 Å². The van der Waals surface area contributed by atoms with Crippen molar-refractivity contribution in [2.45, 2.75) is 32.2 Å². The molecule has 1 atom stereocenters. The minimum Gasteiger partial charge on any atom is -0.493 e. The number of benzene rings is 1. The lowest BCUT2D eigenvalue weighted by atomic mass is 10.0. The van der Waals surface area contributed by atoms with Gasteiger partial charge in [-0.2, -0.15) is 5.10 Å². The Hall–Kier alpha value is -2.63. The lowest BCUT2D eigenvalue weighted by Crippen LogP contribution is -2.37. The van der Waals surface area contributed by atoms with Crippen molar-refractivity contribution in [3.8, 4) is 5.75 Å². The number of nitrogens with zero attached hydrogens (tertiary/aromatic N) is 3. The van der Waals surface area contributed by atoms with E-state index in [0.29, 0.717) is 36.4 Å². The number of aromatic nitrogens is 2. The van der Waals surface area contributed by atoms with Crippen molar-refractivity contribution in [1.82, 2.24) is 14.7 Å². The van der Waals surface area contributed by atoms with Crippen molar-refractivity contribution in [3.05, 3.63) is 47.8 Å². The van der Waals surface area contributed by atoms with Gasteiger partial charge >= 0.3 is 0 Å². The molecular formula is C19H23N3O3. The Balaban J connectivity index is 1.75. The third-order valence-electron chi connectivity index (χ3n) is 4.50. The third-order valence-corrected chi connectivity index (χ3v) is 4.50. The van der Waals surface area contributed by atoms with Crippen molar-refractivity contribution in [2.75, 3.05) is 13.2 Å². The first-order valence-corrected chi connectivity index (χ1v) is 8.64. The number of para-hydroxylation sites is 1. The number of hydrogen-bond acceptors (Lipinski definition) is 4. The molecule has 2 heterocycles. The van der Waals surface area contributed by atoms with Gasteiger partial charge < -0.3 is 9.64 Å². The minimum atomic E-state index is -0.0742. The summed E-state index contributed by atoms with van der Waals surface area (Å²) in [6, 6.07) is 7.21. The summed E-state index contributed by atoms with van der Waals surface area (Å²) in [5.74, 6) is 0.556. The van der Waals surface area contributed by atoms with E-state index < -0.39 is 0 Å². The van der Waals surface area contributed by atoms with Gasteiger partial charge in [-0.25, -0.2) is 0 Å². The highest BCUT2D eigenvalue weighted by Gasteiger charge is 2.32. The molecular weight excluding hydrogens is 318 g/mol. The lowest BCUT2D eigenvalue weighted by molar-refractivity contribution is 0.0713. The Morgan fingerprint density at radius 1 is 1.32 bits per heavy atom. The molecule has 0 radical (unpaired) electrons. The molecule has 1 aromatic heterocycles. The van der Waals surface area contributed by atoms with Crippen molar-refractivity contribution in [3.63, 3.8) is 0 Å². The summed E-state index contributed by atoms with van der Waals surface area (Å²) in [6.07, 6.45) is 5.37. The summed E-state index contributed by atoms with van der Waals surface area (Å²) < 4.78 is 7.19. The van der Waals surface area contributed by atoms with Gasteiger partial charge in [0.05, 0.1) is 23.9 Å². The van der Waals surface area contributed by atoms with Gasteiger partial charge in [0.15, 0.2) is 5.78 Å². The number of aryl methyl sites for hydroxylation is 1. The average molecular weight is 341 g/mol. The van der Waals surface area contributed by atoms with Crippen LogP contribution in [0, 0.1) is 0 Å². The van der Waals surface area contributed by atoms with Crippen molar-refractivity contribution in [1.29, 1.82) is 0 Å². The normalized spacial score (nSPS) is 16.9. The fraction of sp³-hybridized carbons (Fsp3) is 0.421. The number of ketones is 1. The molecule has 132 valence electrons. The molecule has 0 saturated carbocycles. The zero-order valence-electron chi connectivity index (χ0n) is 14.6. The van der Waals surface area contributed by atoms with E-state index in [9.17, 15) is 9.59 Å². The summed E-state index contributed by atoms with van der Waals surface area (Å²) >= 11 is 0. The summed E-state index contributed by atoms with van der Waals surface area (Å²) in [7, 11) is 1.78. The van der Waals surface area contributed by atoms with E-state index >= 15 is 0 Å². The number of carbonyl (C=O) groups excluding carboxylic acids is 2. The van der Waals surface area contributed by atoms with Crippen molar-refractivity contribution >= 4 is 11.7 Å². The quantitative estimate of drug-likeness (QED) is 0.758. The monoisotopic (exact) mass is 341 g/mol. The van der Waals surface area contributed by atoms with E-state index in [1.54, 1.807) is 30.2 Å². The Bertz CT molecular complexity index is 769. The summed E-state index contributed by atoms with van der Waals surface area (Å²) in [5, 5.41) is 4.04. The molecule has 1 aliphatic heterocycles. The molecule has 1 fully saturated rings. The lowest BCUT2D eigenvalue weighted by Gasteiger charge is -2.25. The van der Waals surface area contributed by atoms with Crippen LogP contribution in [-0.2, 0) is 7.05 Å². The Morgan fingerprint density at radius 3 is 2.84 bits per heavy atom. The van der Waals surface area contributed by atoms with Crippen LogP contribution in [-0.4, -0.2) is 45.6 Å². The van der Waals surface area contributed by atoms with Gasteiger partial charge in [-0.05, 0) is 31.9 Å². The Labute approximate surface area is 147 Å². The third kappa shape index (κ3) is 3.73. The molecule has 1 amide bonds. The van der Waals surface area contributed by atoms with Crippen LogP contribution in [0.5, 0.6) is 5.75 Å². The second-order valence-electron chi connectivity index (χ2n) is 6.25. The standard InChI is InChI=1S/C19H23N3O3/c1-3-25-18-9-5-4-8-16(18)19(24)22-10-6-7-15(22)11-17(23)14-12-20-21(2)13-14/h4-5,8-9,12-13,15H,3,6-7,10-11H2,1-2H3/t15-/m1/s1. The van der Waals surface area contributed by atoms with Gasteiger partial charge in [0.25, 0.3) is 5.91 Å². The summed E-state index contributed by atoms with van der Waals surface area (Å²) in [4.78, 5) is 27.3. The van der Waals surface area contributed by atoms with Gasteiger partial charge in [0, 0.05) is 32.3 Å². The first kappa shape index (κ1) is 17.2. The number of ether oxygens (including phenoxy) is 1. The second-order valence-corrected chi connectivity index (χ2v) is 6.25. The van der Waals surface area contributed by atoms with Crippen molar-refractivity contribution < 1.29 is 14.3 Å². The maximum absolute atomic E-state index is 13.0. The van der Waals surface area contributed by atoms with E-state index in [1.807, 2.05) is 30.0 Å². The van der Waals surface area contributed by atoms with Crippen LogP contribution in [0.2, 0.25) is 0 Å². The molecule has 0 aliphatic carbocycles. The number of Topliss-reactive ketones (excluding diaryl/α,β-unsaturated/α-hetero) is 1. The highest BCUT2D eigenvalue weighted by atomic mass is 16.5. The molecule has 25 heavy (non-hydrogen) atoms. The molecule has 1 saturated heterocycles. The zero-order valence-corrected chi connectivity index (χ0v) is 14.6. The van der Waals surface area contributed by atoms with E-state index in [4.69, 9.17) is 4.74 Å². The summed E-state index contributed by atoms with van der Waals surface area (Å²) in [6.45, 7) is 3.07. The fourth-order valence-electron chi connectivity index (χ4n) is 3.29.